The number of aliphatic imine (C=N–C) groups is 1. The standard InChI is InChI=1S/C15H13IN2/c1-9-3-5-11-12(7-9)15(8-14(16)17-15)18-10(2)4-6-13(11)18/h3-7H,8H2,1-2H3. The summed E-state index contributed by atoms with van der Waals surface area (Å²) in [5.74, 6) is 0. The zero-order chi connectivity index (χ0) is 12.5. The maximum Gasteiger partial charge on any atom is 0.169 e. The number of hydrogen-bond donors (Lipinski definition) is 0. The summed E-state index contributed by atoms with van der Waals surface area (Å²) in [6, 6.07) is 11.1. The van der Waals surface area contributed by atoms with Crippen molar-refractivity contribution in [2.45, 2.75) is 25.9 Å². The molecule has 1 spiro atoms. The summed E-state index contributed by atoms with van der Waals surface area (Å²) >= 11 is 2.35. The van der Waals surface area contributed by atoms with Gasteiger partial charge in [0, 0.05) is 23.2 Å². The van der Waals surface area contributed by atoms with Crippen LogP contribution in [-0.4, -0.2) is 8.29 Å². The molecule has 90 valence electrons. The van der Waals surface area contributed by atoms with E-state index < -0.39 is 0 Å². The Bertz CT molecular complexity index is 711. The Morgan fingerprint density at radius 2 is 2.00 bits per heavy atom. The molecule has 0 radical (unpaired) electrons. The van der Waals surface area contributed by atoms with Crippen LogP contribution in [0, 0.1) is 13.8 Å². The van der Waals surface area contributed by atoms with Crippen molar-refractivity contribution in [2.24, 2.45) is 4.99 Å². The first kappa shape index (κ1) is 10.8. The van der Waals surface area contributed by atoms with Crippen LogP contribution in [0.15, 0.2) is 35.3 Å². The Kier molecular flexibility index (Phi) is 1.95. The van der Waals surface area contributed by atoms with Crippen LogP contribution in [0.3, 0.4) is 0 Å². The zero-order valence-electron chi connectivity index (χ0n) is 10.4. The Balaban J connectivity index is 2.11. The Hall–Kier alpha value is -1.10. The van der Waals surface area contributed by atoms with Crippen LogP contribution in [0.1, 0.15) is 23.2 Å². The molecule has 2 aliphatic heterocycles. The van der Waals surface area contributed by atoms with Gasteiger partial charge in [0.2, 0.25) is 0 Å². The second-order valence-corrected chi connectivity index (χ2v) is 6.47. The lowest BCUT2D eigenvalue weighted by Gasteiger charge is -2.37. The molecule has 0 saturated heterocycles. The normalized spacial score (nSPS) is 23.6. The summed E-state index contributed by atoms with van der Waals surface area (Å²) in [5.41, 5.74) is 6.51. The highest BCUT2D eigenvalue weighted by atomic mass is 127. The van der Waals surface area contributed by atoms with Gasteiger partial charge >= 0.3 is 0 Å². The molecule has 0 aliphatic carbocycles. The molecule has 2 nitrogen and oxygen atoms in total. The monoisotopic (exact) mass is 348 g/mol. The number of fused-ring (bicyclic) bond motifs is 5. The van der Waals surface area contributed by atoms with Crippen molar-refractivity contribution in [3.63, 3.8) is 0 Å². The van der Waals surface area contributed by atoms with Gasteiger partial charge in [-0.2, -0.15) is 0 Å². The van der Waals surface area contributed by atoms with Crippen LogP contribution in [0.4, 0.5) is 0 Å². The maximum atomic E-state index is 4.88. The summed E-state index contributed by atoms with van der Waals surface area (Å²) in [7, 11) is 0. The van der Waals surface area contributed by atoms with Gasteiger partial charge in [-0.1, -0.05) is 23.8 Å². The van der Waals surface area contributed by atoms with Gasteiger partial charge in [0.15, 0.2) is 5.66 Å². The molecule has 1 unspecified atom stereocenters. The number of aryl methyl sites for hydroxylation is 2. The molecule has 0 bridgehead atoms. The number of halogens is 1. The molecule has 18 heavy (non-hydrogen) atoms. The highest BCUT2D eigenvalue weighted by Gasteiger charge is 2.48. The van der Waals surface area contributed by atoms with E-state index in [1.165, 1.54) is 31.8 Å². The lowest BCUT2D eigenvalue weighted by molar-refractivity contribution is 0.370. The van der Waals surface area contributed by atoms with Crippen molar-refractivity contribution >= 4 is 26.3 Å². The molecule has 3 heteroatoms. The minimum atomic E-state index is -0.138. The fourth-order valence-corrected chi connectivity index (χ4v) is 4.18. The van der Waals surface area contributed by atoms with Crippen LogP contribution in [0.2, 0.25) is 0 Å². The largest absolute Gasteiger partial charge is 0.315 e. The molecule has 0 amide bonds. The van der Waals surface area contributed by atoms with Crippen molar-refractivity contribution in [3.8, 4) is 11.3 Å². The first-order chi connectivity index (χ1) is 8.62. The van der Waals surface area contributed by atoms with Gasteiger partial charge in [0.1, 0.15) is 0 Å². The third-order valence-corrected chi connectivity index (χ3v) is 4.65. The van der Waals surface area contributed by atoms with E-state index in [4.69, 9.17) is 4.99 Å². The number of rotatable bonds is 0. The summed E-state index contributed by atoms with van der Waals surface area (Å²) in [6.45, 7) is 4.33. The lowest BCUT2D eigenvalue weighted by Crippen LogP contribution is -2.39. The van der Waals surface area contributed by atoms with Crippen LogP contribution in [0.25, 0.3) is 11.3 Å². The quantitative estimate of drug-likeness (QED) is 0.640. The summed E-state index contributed by atoms with van der Waals surface area (Å²) in [5, 5.41) is 0. The molecule has 2 aromatic rings. The van der Waals surface area contributed by atoms with Crippen LogP contribution >= 0.6 is 22.6 Å². The Morgan fingerprint density at radius 1 is 1.22 bits per heavy atom. The fraction of sp³-hybridized carbons (Fsp3) is 0.267. The number of hydrogen-bond acceptors (Lipinski definition) is 1. The summed E-state index contributed by atoms with van der Waals surface area (Å²) in [6.07, 6.45) is 1.03. The molecule has 0 N–H and O–H groups in total. The molecule has 4 rings (SSSR count). The van der Waals surface area contributed by atoms with E-state index in [-0.39, 0.29) is 5.66 Å². The molecule has 2 aliphatic rings. The van der Waals surface area contributed by atoms with Crippen LogP contribution in [0.5, 0.6) is 0 Å². The predicted octanol–water partition coefficient (Wildman–Crippen LogP) is 4.02. The van der Waals surface area contributed by atoms with Gasteiger partial charge in [-0.15, -0.1) is 0 Å². The maximum absolute atomic E-state index is 4.88. The van der Waals surface area contributed by atoms with E-state index in [2.05, 4.69) is 71.3 Å². The van der Waals surface area contributed by atoms with Crippen molar-refractivity contribution in [2.75, 3.05) is 0 Å². The number of nitrogens with zero attached hydrogens (tertiary/aromatic N) is 2. The first-order valence-electron chi connectivity index (χ1n) is 6.16. The van der Waals surface area contributed by atoms with E-state index in [1.807, 2.05) is 0 Å². The third-order valence-electron chi connectivity index (χ3n) is 4.03. The van der Waals surface area contributed by atoms with Crippen LogP contribution < -0.4 is 0 Å². The third kappa shape index (κ3) is 1.11. The van der Waals surface area contributed by atoms with Gasteiger partial charge < -0.3 is 4.57 Å². The van der Waals surface area contributed by atoms with Crippen molar-refractivity contribution < 1.29 is 0 Å². The predicted molar refractivity (Wildman–Crippen MR) is 82.5 cm³/mol. The molecule has 0 fully saturated rings. The number of aromatic nitrogens is 1. The minimum absolute atomic E-state index is 0.138. The van der Waals surface area contributed by atoms with E-state index in [9.17, 15) is 0 Å². The molecular formula is C15H13IN2. The Morgan fingerprint density at radius 3 is 2.72 bits per heavy atom. The van der Waals surface area contributed by atoms with Gasteiger partial charge in [0.25, 0.3) is 0 Å². The number of benzene rings is 1. The van der Waals surface area contributed by atoms with Crippen LogP contribution in [-0.2, 0) is 5.66 Å². The van der Waals surface area contributed by atoms with Crippen molar-refractivity contribution in [3.05, 3.63) is 47.2 Å². The van der Waals surface area contributed by atoms with Gasteiger partial charge in [0.05, 0.1) is 9.41 Å². The van der Waals surface area contributed by atoms with E-state index in [0.717, 1.165) is 6.42 Å². The van der Waals surface area contributed by atoms with Gasteiger partial charge in [-0.3, -0.25) is 0 Å². The summed E-state index contributed by atoms with van der Waals surface area (Å²) in [4.78, 5) is 4.88. The summed E-state index contributed by atoms with van der Waals surface area (Å²) < 4.78 is 3.63. The minimum Gasteiger partial charge on any atom is -0.315 e. The van der Waals surface area contributed by atoms with E-state index >= 15 is 0 Å². The second-order valence-electron chi connectivity index (χ2n) is 5.23. The van der Waals surface area contributed by atoms with Gasteiger partial charge in [-0.25, -0.2) is 4.99 Å². The molecule has 3 heterocycles. The molecule has 0 saturated carbocycles. The second kappa shape index (κ2) is 3.26. The molecule has 1 aromatic carbocycles. The van der Waals surface area contributed by atoms with Gasteiger partial charge in [-0.05, 0) is 48.6 Å². The topological polar surface area (TPSA) is 17.3 Å². The smallest absolute Gasteiger partial charge is 0.169 e. The van der Waals surface area contributed by atoms with Crippen molar-refractivity contribution in [1.29, 1.82) is 0 Å². The highest BCUT2D eigenvalue weighted by Crippen LogP contribution is 2.52. The SMILES string of the molecule is Cc1ccc2c(c1)C1(CC(I)=N1)n1c(C)ccc1-2. The molecule has 1 aromatic heterocycles. The highest BCUT2D eigenvalue weighted by molar-refractivity contribution is 14.1. The van der Waals surface area contributed by atoms with E-state index in [0.29, 0.717) is 0 Å². The Labute approximate surface area is 120 Å². The average molecular weight is 348 g/mol. The first-order valence-corrected chi connectivity index (χ1v) is 7.24. The fourth-order valence-electron chi connectivity index (χ4n) is 3.25. The van der Waals surface area contributed by atoms with Crippen molar-refractivity contribution in [1.82, 2.24) is 4.57 Å². The zero-order valence-corrected chi connectivity index (χ0v) is 12.5. The average Bonchev–Trinajstić information content (AvgIpc) is 2.78. The molecular weight excluding hydrogens is 335 g/mol. The van der Waals surface area contributed by atoms with E-state index in [1.54, 1.807) is 0 Å². The molecule has 1 atom stereocenters. The lowest BCUT2D eigenvalue weighted by atomic mass is 9.90.